The molecule has 1 aromatic rings. The molecule has 1 saturated heterocycles. The summed E-state index contributed by atoms with van der Waals surface area (Å²) in [6.45, 7) is 0. The van der Waals surface area contributed by atoms with Gasteiger partial charge in [-0.3, -0.25) is 9.48 Å². The van der Waals surface area contributed by atoms with Crippen molar-refractivity contribution in [3.05, 3.63) is 17.5 Å². The van der Waals surface area contributed by atoms with Crippen molar-refractivity contribution in [1.82, 2.24) is 9.78 Å². The van der Waals surface area contributed by atoms with Crippen LogP contribution in [0.3, 0.4) is 0 Å². The molecule has 1 aliphatic rings. The molecule has 0 bridgehead atoms. The zero-order chi connectivity index (χ0) is 11.5. The summed E-state index contributed by atoms with van der Waals surface area (Å²) in [5.74, 6) is 0.971. The molecule has 0 atom stereocenters. The van der Waals surface area contributed by atoms with Crippen molar-refractivity contribution in [1.29, 1.82) is 0 Å². The Bertz CT molecular complexity index is 410. The summed E-state index contributed by atoms with van der Waals surface area (Å²) in [5.41, 5.74) is 0.0129. The fourth-order valence-electron chi connectivity index (χ4n) is 1.79. The van der Waals surface area contributed by atoms with E-state index >= 15 is 0 Å². The fraction of sp³-hybridized carbons (Fsp3) is 0.500. The predicted molar refractivity (Wildman–Crippen MR) is 60.2 cm³/mol. The number of hydrogen-bond donors (Lipinski definition) is 1. The van der Waals surface area contributed by atoms with E-state index in [9.17, 15) is 9.59 Å². The van der Waals surface area contributed by atoms with Gasteiger partial charge in [0.25, 0.3) is 0 Å². The lowest BCUT2D eigenvalue weighted by Gasteiger charge is -2.21. The number of carbonyl (C=O) groups excluding carboxylic acids is 1. The maximum atomic E-state index is 10.8. The number of hydrogen-bond acceptors (Lipinski definition) is 4. The van der Waals surface area contributed by atoms with Crippen LogP contribution in [0.2, 0.25) is 0 Å². The SMILES string of the molecule is O=Cc1cn(C2CCSCC2)nc1C(=O)O. The molecule has 0 aromatic carbocycles. The van der Waals surface area contributed by atoms with Crippen LogP contribution in [0.25, 0.3) is 0 Å². The van der Waals surface area contributed by atoms with Crippen molar-refractivity contribution in [2.24, 2.45) is 0 Å². The summed E-state index contributed by atoms with van der Waals surface area (Å²) in [6.07, 6.45) is 4.04. The lowest BCUT2D eigenvalue weighted by Crippen LogP contribution is -2.16. The van der Waals surface area contributed by atoms with E-state index in [0.29, 0.717) is 6.29 Å². The molecule has 0 aliphatic carbocycles. The van der Waals surface area contributed by atoms with Gasteiger partial charge in [-0.25, -0.2) is 4.79 Å². The van der Waals surface area contributed by atoms with Crippen LogP contribution in [0, 0.1) is 0 Å². The quantitative estimate of drug-likeness (QED) is 0.810. The van der Waals surface area contributed by atoms with Crippen LogP contribution in [0.4, 0.5) is 0 Å². The normalized spacial score (nSPS) is 17.2. The largest absolute Gasteiger partial charge is 0.476 e. The molecular formula is C10H12N2O3S. The van der Waals surface area contributed by atoms with Gasteiger partial charge in [-0.05, 0) is 24.3 Å². The lowest BCUT2D eigenvalue weighted by molar-refractivity contribution is 0.0686. The summed E-state index contributed by atoms with van der Waals surface area (Å²) in [7, 11) is 0. The molecular weight excluding hydrogens is 228 g/mol. The van der Waals surface area contributed by atoms with Crippen molar-refractivity contribution < 1.29 is 14.7 Å². The Kier molecular flexibility index (Phi) is 3.28. The van der Waals surface area contributed by atoms with Gasteiger partial charge in [-0.1, -0.05) is 0 Å². The predicted octanol–water partition coefficient (Wildman–Crippen LogP) is 1.46. The highest BCUT2D eigenvalue weighted by Gasteiger charge is 2.21. The molecule has 0 spiro atoms. The van der Waals surface area contributed by atoms with Crippen LogP contribution in [0.5, 0.6) is 0 Å². The van der Waals surface area contributed by atoms with Crippen molar-refractivity contribution >= 4 is 24.0 Å². The molecule has 0 unspecified atom stereocenters. The average molecular weight is 240 g/mol. The van der Waals surface area contributed by atoms with E-state index in [1.165, 1.54) is 6.20 Å². The summed E-state index contributed by atoms with van der Waals surface area (Å²) in [6, 6.07) is 0.230. The van der Waals surface area contributed by atoms with E-state index in [-0.39, 0.29) is 17.3 Å². The fourth-order valence-corrected chi connectivity index (χ4v) is 2.88. The summed E-state index contributed by atoms with van der Waals surface area (Å²) < 4.78 is 1.63. The number of aromatic carboxylic acids is 1. The van der Waals surface area contributed by atoms with Gasteiger partial charge in [0, 0.05) is 6.20 Å². The second-order valence-electron chi connectivity index (χ2n) is 3.68. The highest BCUT2D eigenvalue weighted by Crippen LogP contribution is 2.26. The van der Waals surface area contributed by atoms with Crippen LogP contribution in [0.15, 0.2) is 6.20 Å². The lowest BCUT2D eigenvalue weighted by atomic mass is 10.2. The summed E-state index contributed by atoms with van der Waals surface area (Å²) >= 11 is 1.89. The molecule has 86 valence electrons. The molecule has 5 nitrogen and oxygen atoms in total. The van der Waals surface area contributed by atoms with Gasteiger partial charge in [0.2, 0.25) is 0 Å². The van der Waals surface area contributed by atoms with Gasteiger partial charge in [0.1, 0.15) is 0 Å². The average Bonchev–Trinajstić information content (AvgIpc) is 2.74. The van der Waals surface area contributed by atoms with Crippen LogP contribution in [-0.2, 0) is 0 Å². The minimum atomic E-state index is -1.15. The zero-order valence-corrected chi connectivity index (χ0v) is 9.44. The Labute approximate surface area is 96.8 Å². The highest BCUT2D eigenvalue weighted by molar-refractivity contribution is 7.99. The first-order valence-electron chi connectivity index (χ1n) is 5.07. The zero-order valence-electron chi connectivity index (χ0n) is 8.63. The van der Waals surface area contributed by atoms with Crippen LogP contribution >= 0.6 is 11.8 Å². The molecule has 16 heavy (non-hydrogen) atoms. The molecule has 0 saturated carbocycles. The molecule has 6 heteroatoms. The third-order valence-electron chi connectivity index (χ3n) is 2.65. The number of aromatic nitrogens is 2. The van der Waals surface area contributed by atoms with E-state index in [4.69, 9.17) is 5.11 Å². The third kappa shape index (κ3) is 2.11. The van der Waals surface area contributed by atoms with E-state index in [0.717, 1.165) is 24.3 Å². The monoisotopic (exact) mass is 240 g/mol. The number of carboxylic acid groups (broad SMARTS) is 1. The van der Waals surface area contributed by atoms with Gasteiger partial charge in [0.05, 0.1) is 11.6 Å². The molecule has 1 aromatic heterocycles. The number of thioether (sulfide) groups is 1. The number of aldehydes is 1. The highest BCUT2D eigenvalue weighted by atomic mass is 32.2. The minimum absolute atomic E-state index is 0.145. The molecule has 0 radical (unpaired) electrons. The molecule has 1 N–H and O–H groups in total. The van der Waals surface area contributed by atoms with Crippen LogP contribution in [-0.4, -0.2) is 38.6 Å². The van der Waals surface area contributed by atoms with Crippen LogP contribution in [0.1, 0.15) is 39.7 Å². The van der Waals surface area contributed by atoms with Crippen molar-refractivity contribution in [3.63, 3.8) is 0 Å². The van der Waals surface area contributed by atoms with E-state index in [2.05, 4.69) is 5.10 Å². The maximum Gasteiger partial charge on any atom is 0.357 e. The van der Waals surface area contributed by atoms with Gasteiger partial charge >= 0.3 is 5.97 Å². The first kappa shape index (κ1) is 11.2. The van der Waals surface area contributed by atoms with E-state index < -0.39 is 5.97 Å². The molecule has 2 heterocycles. The molecule has 2 rings (SSSR count). The third-order valence-corrected chi connectivity index (χ3v) is 3.70. The first-order valence-corrected chi connectivity index (χ1v) is 6.23. The first-order chi connectivity index (χ1) is 7.72. The number of carboxylic acids is 1. The molecule has 1 fully saturated rings. The van der Waals surface area contributed by atoms with Crippen LogP contribution < -0.4 is 0 Å². The topological polar surface area (TPSA) is 72.2 Å². The Morgan fingerprint density at radius 1 is 1.56 bits per heavy atom. The van der Waals surface area contributed by atoms with Crippen molar-refractivity contribution in [2.45, 2.75) is 18.9 Å². The van der Waals surface area contributed by atoms with Gasteiger partial charge in [0.15, 0.2) is 12.0 Å². The van der Waals surface area contributed by atoms with Crippen molar-refractivity contribution in [2.75, 3.05) is 11.5 Å². The Morgan fingerprint density at radius 3 is 2.75 bits per heavy atom. The second-order valence-corrected chi connectivity index (χ2v) is 4.90. The maximum absolute atomic E-state index is 10.8. The van der Waals surface area contributed by atoms with Gasteiger partial charge < -0.3 is 5.11 Å². The van der Waals surface area contributed by atoms with Gasteiger partial charge in [-0.15, -0.1) is 0 Å². The second kappa shape index (κ2) is 4.69. The standard InChI is InChI=1S/C10H12N2O3S/c13-6-7-5-12(11-9(7)10(14)15)8-1-3-16-4-2-8/h5-6,8H,1-4H2,(H,14,15). The van der Waals surface area contributed by atoms with E-state index in [1.807, 2.05) is 11.8 Å². The van der Waals surface area contributed by atoms with E-state index in [1.54, 1.807) is 4.68 Å². The summed E-state index contributed by atoms with van der Waals surface area (Å²) in [5, 5.41) is 12.9. The summed E-state index contributed by atoms with van der Waals surface area (Å²) in [4.78, 5) is 21.5. The van der Waals surface area contributed by atoms with Gasteiger partial charge in [-0.2, -0.15) is 16.9 Å². The molecule has 1 aliphatic heterocycles. The Hall–Kier alpha value is -1.30. The number of nitrogens with zero attached hydrogens (tertiary/aromatic N) is 2. The minimum Gasteiger partial charge on any atom is -0.476 e. The Morgan fingerprint density at radius 2 is 2.25 bits per heavy atom. The van der Waals surface area contributed by atoms with Crippen molar-refractivity contribution in [3.8, 4) is 0 Å². The number of rotatable bonds is 3. The Balaban J connectivity index is 2.27. The smallest absolute Gasteiger partial charge is 0.357 e. The number of carbonyl (C=O) groups is 2. The molecule has 0 amide bonds.